The van der Waals surface area contributed by atoms with Gasteiger partial charge in [-0.05, 0) is 53.5 Å². The van der Waals surface area contributed by atoms with Crippen LogP contribution in [0.1, 0.15) is 46.4 Å². The lowest BCUT2D eigenvalue weighted by atomic mass is 9.95. The van der Waals surface area contributed by atoms with Gasteiger partial charge in [-0.1, -0.05) is 76.7 Å². The molecule has 0 spiro atoms. The van der Waals surface area contributed by atoms with Gasteiger partial charge >= 0.3 is 11.9 Å². The highest BCUT2D eigenvalue weighted by molar-refractivity contribution is 9.10. The fourth-order valence-corrected chi connectivity index (χ4v) is 6.24. The smallest absolute Gasteiger partial charge is 0.338 e. The Morgan fingerprint density at radius 1 is 1.07 bits per heavy atom. The first-order valence-electron chi connectivity index (χ1n) is 13.3. The monoisotopic (exact) mass is 662 g/mol. The number of allylic oxidation sites excluding steroid dienone is 1. The summed E-state index contributed by atoms with van der Waals surface area (Å²) in [6, 6.07) is 18.6. The molecule has 1 aromatic heterocycles. The molecule has 1 atom stereocenters. The molecule has 0 saturated carbocycles. The quantitative estimate of drug-likeness (QED) is 0.255. The summed E-state index contributed by atoms with van der Waals surface area (Å²) < 4.78 is 19.3. The molecule has 0 amide bonds. The molecule has 9 nitrogen and oxygen atoms in total. The van der Waals surface area contributed by atoms with Gasteiger partial charge in [-0.25, -0.2) is 14.6 Å². The number of fused-ring (bicyclic) bond motifs is 1. The third kappa shape index (κ3) is 6.04. The van der Waals surface area contributed by atoms with Gasteiger partial charge in [0.05, 0.1) is 41.6 Å². The average Bonchev–Trinajstić information content (AvgIpc) is 3.34. The Balaban J connectivity index is 1.54. The second-order valence-corrected chi connectivity index (χ2v) is 11.4. The Kier molecular flexibility index (Phi) is 8.93. The van der Waals surface area contributed by atoms with Gasteiger partial charge < -0.3 is 19.3 Å². The molecular formula is C32H27BrN2O7S. The molecule has 43 heavy (non-hydrogen) atoms. The normalized spacial score (nSPS) is 14.6. The Bertz CT molecular complexity index is 1910. The number of benzene rings is 3. The van der Waals surface area contributed by atoms with E-state index in [1.807, 2.05) is 37.3 Å². The topological polar surface area (TPSA) is 116 Å². The predicted molar refractivity (Wildman–Crippen MR) is 165 cm³/mol. The van der Waals surface area contributed by atoms with E-state index in [1.165, 1.54) is 37.7 Å². The van der Waals surface area contributed by atoms with Gasteiger partial charge in [0.2, 0.25) is 0 Å². The van der Waals surface area contributed by atoms with Crippen molar-refractivity contribution in [3.05, 3.63) is 124 Å². The number of carboxylic acids is 1. The van der Waals surface area contributed by atoms with Crippen LogP contribution in [-0.2, 0) is 16.1 Å². The van der Waals surface area contributed by atoms with Crippen LogP contribution in [-0.4, -0.2) is 35.8 Å². The number of carboxylic acid groups (broad SMARTS) is 1. The molecule has 5 rings (SSSR count). The number of rotatable bonds is 9. The number of aromatic nitrogens is 1. The summed E-state index contributed by atoms with van der Waals surface area (Å²) in [5.74, 6) is -0.599. The van der Waals surface area contributed by atoms with Gasteiger partial charge in [0.25, 0.3) is 5.56 Å². The molecule has 220 valence electrons. The molecule has 0 fully saturated rings. The SMILES string of the molecule is CCC1=C(C(=O)OC)[C@H](c2ccccc2)n2c(s/c(=C\c3cc(OC)c(OCc4ccc(C(=O)O)cc4)cc3Br)c2=O)=N1. The molecular weight excluding hydrogens is 636 g/mol. The van der Waals surface area contributed by atoms with E-state index in [2.05, 4.69) is 15.9 Å². The number of esters is 1. The number of aromatic carboxylic acids is 1. The van der Waals surface area contributed by atoms with Crippen LogP contribution in [0.4, 0.5) is 0 Å². The number of carbonyl (C=O) groups is 2. The Morgan fingerprint density at radius 3 is 2.42 bits per heavy atom. The number of nitrogens with zero attached hydrogens (tertiary/aromatic N) is 2. The van der Waals surface area contributed by atoms with Crippen molar-refractivity contribution in [2.45, 2.75) is 26.0 Å². The Morgan fingerprint density at radius 2 is 1.79 bits per heavy atom. The summed E-state index contributed by atoms with van der Waals surface area (Å²) in [5.41, 5.74) is 3.08. The Labute approximate surface area is 259 Å². The number of ether oxygens (including phenoxy) is 3. The summed E-state index contributed by atoms with van der Waals surface area (Å²) in [4.78, 5) is 43.2. The largest absolute Gasteiger partial charge is 0.493 e. The van der Waals surface area contributed by atoms with Gasteiger partial charge in [-0.15, -0.1) is 0 Å². The molecule has 0 bridgehead atoms. The number of hydrogen-bond donors (Lipinski definition) is 1. The minimum absolute atomic E-state index is 0.196. The molecule has 0 aliphatic carbocycles. The van der Waals surface area contributed by atoms with Crippen LogP contribution in [0.5, 0.6) is 11.5 Å². The zero-order chi connectivity index (χ0) is 30.7. The van der Waals surface area contributed by atoms with E-state index in [1.54, 1.807) is 34.9 Å². The molecule has 1 aliphatic rings. The fourth-order valence-electron chi connectivity index (χ4n) is 4.79. The number of halogens is 1. The van der Waals surface area contributed by atoms with Crippen molar-refractivity contribution in [3.8, 4) is 11.5 Å². The van der Waals surface area contributed by atoms with E-state index >= 15 is 0 Å². The maximum absolute atomic E-state index is 13.9. The maximum Gasteiger partial charge on any atom is 0.338 e. The van der Waals surface area contributed by atoms with Gasteiger partial charge in [0, 0.05) is 4.47 Å². The van der Waals surface area contributed by atoms with Gasteiger partial charge in [0.1, 0.15) is 6.61 Å². The third-order valence-corrected chi connectivity index (χ3v) is 8.60. The van der Waals surface area contributed by atoms with Crippen molar-refractivity contribution in [1.82, 2.24) is 4.57 Å². The third-order valence-electron chi connectivity index (χ3n) is 6.93. The van der Waals surface area contributed by atoms with Crippen LogP contribution in [0.15, 0.2) is 92.3 Å². The molecule has 1 N–H and O–H groups in total. The highest BCUT2D eigenvalue weighted by atomic mass is 79.9. The van der Waals surface area contributed by atoms with Crippen molar-refractivity contribution in [3.63, 3.8) is 0 Å². The molecule has 11 heteroatoms. The van der Waals surface area contributed by atoms with E-state index in [0.29, 0.717) is 48.6 Å². The van der Waals surface area contributed by atoms with Crippen LogP contribution in [0.3, 0.4) is 0 Å². The number of carbonyl (C=O) groups excluding carboxylic acids is 1. The first kappa shape index (κ1) is 30.0. The van der Waals surface area contributed by atoms with E-state index in [4.69, 9.17) is 24.3 Å². The van der Waals surface area contributed by atoms with Crippen molar-refractivity contribution in [1.29, 1.82) is 0 Å². The number of methoxy groups -OCH3 is 2. The highest BCUT2D eigenvalue weighted by Crippen LogP contribution is 2.35. The molecule has 4 aromatic rings. The van der Waals surface area contributed by atoms with Crippen LogP contribution in [0.25, 0.3) is 6.08 Å². The second-order valence-electron chi connectivity index (χ2n) is 9.51. The summed E-state index contributed by atoms with van der Waals surface area (Å²) in [5, 5.41) is 9.11. The molecule has 0 radical (unpaired) electrons. The second kappa shape index (κ2) is 12.8. The first-order valence-corrected chi connectivity index (χ1v) is 14.9. The van der Waals surface area contributed by atoms with Crippen LogP contribution in [0.2, 0.25) is 0 Å². The van der Waals surface area contributed by atoms with Crippen LogP contribution >= 0.6 is 27.3 Å². The Hall–Kier alpha value is -4.48. The van der Waals surface area contributed by atoms with Gasteiger partial charge in [-0.3, -0.25) is 9.36 Å². The first-order chi connectivity index (χ1) is 20.7. The minimum atomic E-state index is -0.994. The van der Waals surface area contributed by atoms with Crippen molar-refractivity contribution >= 4 is 45.3 Å². The predicted octanol–water partition coefficient (Wildman–Crippen LogP) is 4.85. The lowest BCUT2D eigenvalue weighted by molar-refractivity contribution is -0.136. The zero-order valence-electron chi connectivity index (χ0n) is 23.5. The van der Waals surface area contributed by atoms with Crippen molar-refractivity contribution < 1.29 is 28.9 Å². The van der Waals surface area contributed by atoms with E-state index in [0.717, 1.165) is 11.1 Å². The summed E-state index contributed by atoms with van der Waals surface area (Å²) in [7, 11) is 2.85. The highest BCUT2D eigenvalue weighted by Gasteiger charge is 2.33. The minimum Gasteiger partial charge on any atom is -0.493 e. The standard InChI is InChI=1S/C32H27BrN2O7S/c1-4-23-27(31(39)41-3)28(19-8-6-5-7-9-19)35-29(36)26(43-32(35)34-23)15-21-14-24(40-2)25(16-22(21)33)42-17-18-10-12-20(13-11-18)30(37)38/h5-16,28H,4,17H2,1-3H3,(H,37,38)/b26-15-/t28-/m0/s1. The van der Waals surface area contributed by atoms with Crippen LogP contribution in [0, 0.1) is 0 Å². The van der Waals surface area contributed by atoms with E-state index < -0.39 is 18.0 Å². The van der Waals surface area contributed by atoms with Crippen molar-refractivity contribution in [2.24, 2.45) is 4.99 Å². The molecule has 2 heterocycles. The van der Waals surface area contributed by atoms with Crippen LogP contribution < -0.4 is 24.4 Å². The summed E-state index contributed by atoms with van der Waals surface area (Å²) in [6.45, 7) is 2.11. The van der Waals surface area contributed by atoms with Gasteiger partial charge in [-0.2, -0.15) is 0 Å². The molecule has 0 saturated heterocycles. The molecule has 0 unspecified atom stereocenters. The number of thiazole rings is 1. The van der Waals surface area contributed by atoms with Gasteiger partial charge in [0.15, 0.2) is 16.3 Å². The van der Waals surface area contributed by atoms with E-state index in [9.17, 15) is 14.4 Å². The lowest BCUT2D eigenvalue weighted by Gasteiger charge is -2.25. The molecule has 3 aromatic carbocycles. The fraction of sp³-hybridized carbons (Fsp3) is 0.188. The van der Waals surface area contributed by atoms with Crippen molar-refractivity contribution in [2.75, 3.05) is 14.2 Å². The lowest BCUT2D eigenvalue weighted by Crippen LogP contribution is -2.40. The van der Waals surface area contributed by atoms with E-state index in [-0.39, 0.29) is 17.7 Å². The maximum atomic E-state index is 13.9. The molecule has 1 aliphatic heterocycles. The summed E-state index contributed by atoms with van der Waals surface area (Å²) in [6.07, 6.45) is 2.24. The summed E-state index contributed by atoms with van der Waals surface area (Å²) >= 11 is 4.83. The average molecular weight is 664 g/mol. The number of hydrogen-bond acceptors (Lipinski definition) is 8. The zero-order valence-corrected chi connectivity index (χ0v) is 25.9.